The van der Waals surface area contributed by atoms with Gasteiger partial charge in [-0.25, -0.2) is 4.99 Å². The van der Waals surface area contributed by atoms with Crippen LogP contribution in [0.3, 0.4) is 0 Å². The molecule has 6 heteroatoms. The van der Waals surface area contributed by atoms with E-state index in [1.807, 2.05) is 11.8 Å². The number of benzene rings is 1. The molecule has 0 atom stereocenters. The molecule has 0 saturated carbocycles. The van der Waals surface area contributed by atoms with Crippen LogP contribution >= 0.6 is 35.7 Å². The lowest BCUT2D eigenvalue weighted by Crippen LogP contribution is -2.50. The number of methoxy groups -OCH3 is 1. The zero-order chi connectivity index (χ0) is 16.7. The van der Waals surface area contributed by atoms with Crippen LogP contribution in [0.5, 0.6) is 0 Å². The van der Waals surface area contributed by atoms with Crippen molar-refractivity contribution >= 4 is 41.7 Å². The smallest absolute Gasteiger partial charge is 0.194 e. The Kier molecular flexibility index (Phi) is 9.44. The number of hydrogen-bond acceptors (Lipinski definition) is 3. The molecule has 1 N–H and O–H groups in total. The zero-order valence-electron chi connectivity index (χ0n) is 15.2. The van der Waals surface area contributed by atoms with Crippen LogP contribution in [0.2, 0.25) is 0 Å². The molecule has 1 heterocycles. The summed E-state index contributed by atoms with van der Waals surface area (Å²) in [5.41, 5.74) is 2.42. The fourth-order valence-corrected chi connectivity index (χ4v) is 3.89. The van der Waals surface area contributed by atoms with E-state index in [1.165, 1.54) is 11.1 Å². The van der Waals surface area contributed by atoms with Crippen LogP contribution in [0, 0.1) is 0 Å². The Hall–Kier alpha value is -0.470. The third-order valence-corrected chi connectivity index (χ3v) is 5.07. The quantitative estimate of drug-likeness (QED) is 0.410. The van der Waals surface area contributed by atoms with E-state index < -0.39 is 0 Å². The molecule has 0 radical (unpaired) electrons. The third kappa shape index (κ3) is 6.80. The van der Waals surface area contributed by atoms with Crippen molar-refractivity contribution in [1.82, 2.24) is 10.2 Å². The van der Waals surface area contributed by atoms with E-state index in [-0.39, 0.29) is 28.7 Å². The maximum Gasteiger partial charge on any atom is 0.194 e. The molecule has 1 aromatic carbocycles. The number of guanidine groups is 1. The van der Waals surface area contributed by atoms with E-state index in [1.54, 1.807) is 7.11 Å². The maximum absolute atomic E-state index is 5.21. The number of hydrogen-bond donors (Lipinski definition) is 1. The van der Waals surface area contributed by atoms with Gasteiger partial charge in [0.1, 0.15) is 0 Å². The maximum atomic E-state index is 5.21. The molecule has 4 nitrogen and oxygen atoms in total. The highest BCUT2D eigenvalue weighted by Crippen LogP contribution is 2.29. The Morgan fingerprint density at radius 1 is 1.38 bits per heavy atom. The lowest BCUT2D eigenvalue weighted by molar-refractivity contribution is 0.185. The predicted octanol–water partition coefficient (Wildman–Crippen LogP) is 3.74. The van der Waals surface area contributed by atoms with Crippen LogP contribution in [-0.2, 0) is 17.9 Å². The standard InChI is InChI=1S/C18H29N3OS.HI/c1-5-19-17(21-9-10-23-18(2,3)14-21)20-12-15-7-6-8-16(11-15)13-22-4;/h6-8,11H,5,9-10,12-14H2,1-4H3,(H,19,20);1H. The van der Waals surface area contributed by atoms with Crippen molar-refractivity contribution in [3.05, 3.63) is 35.4 Å². The van der Waals surface area contributed by atoms with E-state index >= 15 is 0 Å². The highest BCUT2D eigenvalue weighted by Gasteiger charge is 2.28. The fraction of sp³-hybridized carbons (Fsp3) is 0.611. The fourth-order valence-electron chi connectivity index (χ4n) is 2.77. The number of thioether (sulfide) groups is 1. The third-order valence-electron chi connectivity index (χ3n) is 3.77. The van der Waals surface area contributed by atoms with E-state index in [2.05, 4.69) is 55.3 Å². The van der Waals surface area contributed by atoms with E-state index in [0.717, 1.165) is 31.3 Å². The van der Waals surface area contributed by atoms with Gasteiger partial charge in [0.15, 0.2) is 5.96 Å². The summed E-state index contributed by atoms with van der Waals surface area (Å²) in [6.07, 6.45) is 0. The average Bonchev–Trinajstić information content (AvgIpc) is 2.51. The van der Waals surface area contributed by atoms with Crippen LogP contribution in [0.15, 0.2) is 29.3 Å². The molecule has 0 aromatic heterocycles. The molecular weight excluding hydrogens is 433 g/mol. The van der Waals surface area contributed by atoms with Gasteiger partial charge in [0.05, 0.1) is 13.2 Å². The zero-order valence-corrected chi connectivity index (χ0v) is 18.3. The largest absolute Gasteiger partial charge is 0.380 e. The highest BCUT2D eigenvalue weighted by atomic mass is 127. The van der Waals surface area contributed by atoms with Gasteiger partial charge >= 0.3 is 0 Å². The number of nitrogens with one attached hydrogen (secondary N) is 1. The Balaban J connectivity index is 0.00000288. The summed E-state index contributed by atoms with van der Waals surface area (Å²) >= 11 is 2.04. The first-order valence-corrected chi connectivity index (χ1v) is 9.26. The molecule has 136 valence electrons. The van der Waals surface area contributed by atoms with Crippen LogP contribution in [0.25, 0.3) is 0 Å². The van der Waals surface area contributed by atoms with Crippen molar-refractivity contribution in [3.8, 4) is 0 Å². The molecule has 0 aliphatic carbocycles. The summed E-state index contributed by atoms with van der Waals surface area (Å²) in [6.45, 7) is 11.1. The molecule has 0 amide bonds. The molecule has 0 bridgehead atoms. The van der Waals surface area contributed by atoms with E-state index in [0.29, 0.717) is 13.2 Å². The number of ether oxygens (including phenoxy) is 1. The lowest BCUT2D eigenvalue weighted by atomic mass is 10.1. The second kappa shape index (κ2) is 10.5. The SMILES string of the molecule is CCNC(=NCc1cccc(COC)c1)N1CCSC(C)(C)C1.I. The lowest BCUT2D eigenvalue weighted by Gasteiger charge is -2.39. The minimum atomic E-state index is 0. The normalized spacial score (nSPS) is 17.3. The van der Waals surface area contributed by atoms with E-state index in [4.69, 9.17) is 9.73 Å². The van der Waals surface area contributed by atoms with Crippen molar-refractivity contribution in [3.63, 3.8) is 0 Å². The minimum absolute atomic E-state index is 0. The van der Waals surface area contributed by atoms with Crippen molar-refractivity contribution < 1.29 is 4.74 Å². The Morgan fingerprint density at radius 3 is 2.79 bits per heavy atom. The number of aliphatic imine (C=N–C) groups is 1. The van der Waals surface area contributed by atoms with Gasteiger partial charge in [-0.3, -0.25) is 0 Å². The van der Waals surface area contributed by atoms with Crippen LogP contribution in [0.4, 0.5) is 0 Å². The Labute approximate surface area is 167 Å². The van der Waals surface area contributed by atoms with Gasteiger partial charge in [-0.1, -0.05) is 24.3 Å². The van der Waals surface area contributed by atoms with E-state index in [9.17, 15) is 0 Å². The second-order valence-electron chi connectivity index (χ2n) is 6.45. The summed E-state index contributed by atoms with van der Waals surface area (Å²) in [5.74, 6) is 2.18. The minimum Gasteiger partial charge on any atom is -0.380 e. The first-order valence-electron chi connectivity index (χ1n) is 8.28. The number of halogens is 1. The topological polar surface area (TPSA) is 36.9 Å². The van der Waals surface area contributed by atoms with Crippen molar-refractivity contribution in [1.29, 1.82) is 0 Å². The molecule has 0 unspecified atom stereocenters. The predicted molar refractivity (Wildman–Crippen MR) is 115 cm³/mol. The summed E-state index contributed by atoms with van der Waals surface area (Å²) in [5, 5.41) is 3.44. The molecule has 1 aliphatic heterocycles. The van der Waals surface area contributed by atoms with Gasteiger partial charge in [-0.05, 0) is 31.9 Å². The van der Waals surface area contributed by atoms with Gasteiger partial charge < -0.3 is 15.0 Å². The van der Waals surface area contributed by atoms with Crippen molar-refractivity contribution in [2.75, 3.05) is 32.5 Å². The summed E-state index contributed by atoms with van der Waals surface area (Å²) < 4.78 is 5.49. The monoisotopic (exact) mass is 463 g/mol. The van der Waals surface area contributed by atoms with Crippen LogP contribution in [0.1, 0.15) is 31.9 Å². The second-order valence-corrected chi connectivity index (χ2v) is 8.25. The Bertz CT molecular complexity index is 537. The first kappa shape index (κ1) is 21.6. The molecule has 1 aromatic rings. The van der Waals surface area contributed by atoms with Gasteiger partial charge in [-0.15, -0.1) is 24.0 Å². The van der Waals surface area contributed by atoms with Gasteiger partial charge in [-0.2, -0.15) is 11.8 Å². The van der Waals surface area contributed by atoms with Crippen LogP contribution < -0.4 is 5.32 Å². The number of rotatable bonds is 5. The first-order chi connectivity index (χ1) is 11.0. The summed E-state index contributed by atoms with van der Waals surface area (Å²) in [6, 6.07) is 8.47. The average molecular weight is 463 g/mol. The highest BCUT2D eigenvalue weighted by molar-refractivity contribution is 14.0. The number of nitrogens with zero attached hydrogens (tertiary/aromatic N) is 2. The van der Waals surface area contributed by atoms with Gasteiger partial charge in [0.25, 0.3) is 0 Å². The molecule has 24 heavy (non-hydrogen) atoms. The van der Waals surface area contributed by atoms with Gasteiger partial charge in [0, 0.05) is 37.2 Å². The molecule has 2 rings (SSSR count). The molecule has 1 aliphatic rings. The summed E-state index contributed by atoms with van der Waals surface area (Å²) in [4.78, 5) is 7.24. The van der Waals surface area contributed by atoms with Crippen molar-refractivity contribution in [2.45, 2.75) is 38.7 Å². The van der Waals surface area contributed by atoms with Gasteiger partial charge in [0.2, 0.25) is 0 Å². The van der Waals surface area contributed by atoms with Crippen LogP contribution in [-0.4, -0.2) is 48.1 Å². The molecule has 1 fully saturated rings. The van der Waals surface area contributed by atoms with Crippen molar-refractivity contribution in [2.24, 2.45) is 4.99 Å². The Morgan fingerprint density at radius 2 is 2.12 bits per heavy atom. The molecule has 1 saturated heterocycles. The molecular formula is C18H30IN3OS. The molecule has 0 spiro atoms. The summed E-state index contributed by atoms with van der Waals surface area (Å²) in [7, 11) is 1.73.